The van der Waals surface area contributed by atoms with Crippen molar-refractivity contribution in [2.75, 3.05) is 0 Å². The molecule has 1 fully saturated rings. The number of hydrogen-bond acceptors (Lipinski definition) is 1. The molecular weight excluding hydrogens is 1040 g/mol. The van der Waals surface area contributed by atoms with Gasteiger partial charge >= 0.3 is 0 Å². The number of hydrogen-bond donors (Lipinski definition) is 0. The van der Waals surface area contributed by atoms with Crippen molar-refractivity contribution in [2.45, 2.75) is 246 Å². The Bertz CT molecular complexity index is 4520. The Hall–Kier alpha value is -6.18. The highest BCUT2D eigenvalue weighted by Crippen LogP contribution is 2.60. The first-order valence-electron chi connectivity index (χ1n) is 33.0. The molecule has 3 aliphatic carbocycles. The molecular formula is C85H104O. The second kappa shape index (κ2) is 21.0. The van der Waals surface area contributed by atoms with Gasteiger partial charge < -0.3 is 4.42 Å². The average Bonchev–Trinajstić information content (AvgIpc) is 1.36. The van der Waals surface area contributed by atoms with E-state index in [9.17, 15) is 0 Å². The summed E-state index contributed by atoms with van der Waals surface area (Å²) in [6.07, 6.45) is 3.38. The second-order valence-electron chi connectivity index (χ2n) is 29.1. The minimum absolute atomic E-state index is 0.321. The van der Waals surface area contributed by atoms with Crippen LogP contribution in [0.1, 0.15) is 228 Å². The molecule has 0 bridgehead atoms. The predicted octanol–water partition coefficient (Wildman–Crippen LogP) is 24.7. The first-order chi connectivity index (χ1) is 40.2. The number of allylic oxidation sites excluding steroid dienone is 8. The van der Waals surface area contributed by atoms with Gasteiger partial charge in [-0.1, -0.05) is 22.3 Å². The minimum Gasteiger partial charge on any atom is -0.455 e. The van der Waals surface area contributed by atoms with E-state index in [0.717, 1.165) is 30.4 Å². The summed E-state index contributed by atoms with van der Waals surface area (Å²) < 4.78 is 7.78. The molecule has 0 spiro atoms. The quantitative estimate of drug-likeness (QED) is 0.167. The molecule has 8 aromatic rings. The Morgan fingerprint density at radius 2 is 0.547 bits per heavy atom. The van der Waals surface area contributed by atoms with Crippen molar-refractivity contribution in [1.29, 1.82) is 0 Å². The van der Waals surface area contributed by atoms with E-state index in [-0.39, 0.29) is 0 Å². The van der Waals surface area contributed by atoms with E-state index in [4.69, 9.17) is 4.42 Å². The second-order valence-corrected chi connectivity index (χ2v) is 29.1. The number of aryl methyl sites for hydroxylation is 9. The van der Waals surface area contributed by atoms with Crippen molar-refractivity contribution in [1.82, 2.24) is 0 Å². The Kier molecular flexibility index (Phi) is 15.0. The maximum Gasteiger partial charge on any atom is 0.143 e. The lowest BCUT2D eigenvalue weighted by Gasteiger charge is -2.46. The number of rotatable bonds is 5. The topological polar surface area (TPSA) is 13.1 Å². The molecule has 0 saturated heterocycles. The van der Waals surface area contributed by atoms with Gasteiger partial charge in [-0.25, -0.2) is 0 Å². The van der Waals surface area contributed by atoms with Crippen LogP contribution >= 0.6 is 0 Å². The van der Waals surface area contributed by atoms with Gasteiger partial charge in [0.2, 0.25) is 0 Å². The van der Waals surface area contributed by atoms with Crippen molar-refractivity contribution in [3.05, 3.63) is 195 Å². The maximum atomic E-state index is 7.78. The average molecular weight is 1140 g/mol. The molecule has 450 valence electrons. The standard InChI is InChI=1S/C85H104O/c1-35-37(3)45(11)72(46(12)38(35)4)77-59(25)58(24)76-62(28)70(54(20)57(23)78(76)63(77)29)67-32-66(69-53(19)56(22)73-47(13)41(7)42(8)50(16)75(73)61(69)27)33-68(34-67)71-55(21)60(26)82-83-64(30)80(74-48(14)39(5)36(2)40(6)49(74)15)79-51(17)43(9)44(10)52(18)81(79)85(83)86-84(82)65(71)31/h66-68,76,78H,32-34H2,1-31H3. The van der Waals surface area contributed by atoms with Crippen molar-refractivity contribution in [3.63, 3.8) is 0 Å². The van der Waals surface area contributed by atoms with Crippen LogP contribution in [0, 0.1) is 191 Å². The van der Waals surface area contributed by atoms with Gasteiger partial charge in [-0.15, -0.1) is 0 Å². The molecule has 0 N–H and O–H groups in total. The van der Waals surface area contributed by atoms with Gasteiger partial charge in [0.25, 0.3) is 0 Å². The van der Waals surface area contributed by atoms with Gasteiger partial charge in [0.1, 0.15) is 11.2 Å². The lowest BCUT2D eigenvalue weighted by atomic mass is 9.58. The van der Waals surface area contributed by atoms with Crippen LogP contribution in [0.5, 0.6) is 0 Å². The molecule has 3 aliphatic rings. The summed E-state index contributed by atoms with van der Waals surface area (Å²) in [5.74, 6) is 1.75. The van der Waals surface area contributed by atoms with Gasteiger partial charge in [0.05, 0.1) is 0 Å². The zero-order chi connectivity index (χ0) is 63.3. The third kappa shape index (κ3) is 8.12. The lowest BCUT2D eigenvalue weighted by molar-refractivity contribution is 0.314. The molecule has 1 saturated carbocycles. The van der Waals surface area contributed by atoms with Crippen molar-refractivity contribution < 1.29 is 4.42 Å². The monoisotopic (exact) mass is 1140 g/mol. The Morgan fingerprint density at radius 1 is 0.221 bits per heavy atom. The van der Waals surface area contributed by atoms with Crippen molar-refractivity contribution >= 4 is 49.1 Å². The first-order valence-corrected chi connectivity index (χ1v) is 33.0. The van der Waals surface area contributed by atoms with Crippen LogP contribution in [-0.2, 0) is 0 Å². The van der Waals surface area contributed by atoms with Crippen LogP contribution in [0.25, 0.3) is 60.2 Å². The molecule has 1 aromatic heterocycles. The number of fused-ring (bicyclic) bond motifs is 7. The van der Waals surface area contributed by atoms with Crippen LogP contribution in [0.2, 0.25) is 0 Å². The Balaban J connectivity index is 1.18. The van der Waals surface area contributed by atoms with E-state index >= 15 is 0 Å². The van der Waals surface area contributed by atoms with E-state index in [0.29, 0.717) is 29.6 Å². The zero-order valence-corrected chi connectivity index (χ0v) is 59.4. The molecule has 1 nitrogen and oxygen atoms in total. The smallest absolute Gasteiger partial charge is 0.143 e. The van der Waals surface area contributed by atoms with E-state index in [1.54, 1.807) is 39.0 Å². The molecule has 86 heavy (non-hydrogen) atoms. The van der Waals surface area contributed by atoms with E-state index in [1.807, 2.05) is 0 Å². The highest BCUT2D eigenvalue weighted by Gasteiger charge is 2.44. The molecule has 1 heteroatoms. The fraction of sp³-hybridized carbons (Fsp3) is 0.459. The Morgan fingerprint density at radius 3 is 1.03 bits per heavy atom. The SMILES string of the molecule is CC1=C(C)C2C(C)=C(c3c(C)c(C)c(C)c(C)c3C)C(C)=C(C)C2C(C)=C1C1CC(c2c(C)c(C)c3c(oc4c5c(C)c(C)c(C)c(C)c5c(-c5c(C)c(C)c(C)c(C)c5C)c(C)c43)c2C)CC(c2c(C)c(C)c3c(C)c(C)c(C)c(C)c3c2C)C1. The molecule has 7 aromatic carbocycles. The molecule has 0 amide bonds. The fourth-order valence-corrected chi connectivity index (χ4v) is 19.4. The van der Waals surface area contributed by atoms with Crippen LogP contribution in [0.4, 0.5) is 0 Å². The largest absolute Gasteiger partial charge is 0.455 e. The van der Waals surface area contributed by atoms with Gasteiger partial charge in [-0.05, 0) is 457 Å². The summed E-state index contributed by atoms with van der Waals surface area (Å²) in [6, 6.07) is 0. The summed E-state index contributed by atoms with van der Waals surface area (Å²) in [6.45, 7) is 74.7. The fourth-order valence-electron chi connectivity index (χ4n) is 19.4. The number of benzene rings is 7. The van der Waals surface area contributed by atoms with Gasteiger partial charge in [0, 0.05) is 28.0 Å². The van der Waals surface area contributed by atoms with Crippen LogP contribution < -0.4 is 0 Å². The number of furan rings is 1. The normalized spacial score (nSPS) is 19.6. The van der Waals surface area contributed by atoms with Crippen LogP contribution in [-0.4, -0.2) is 0 Å². The summed E-state index contributed by atoms with van der Waals surface area (Å²) >= 11 is 0. The third-order valence-corrected chi connectivity index (χ3v) is 26.1. The van der Waals surface area contributed by atoms with Crippen LogP contribution in [0.15, 0.2) is 43.4 Å². The molecule has 0 radical (unpaired) electrons. The van der Waals surface area contributed by atoms with E-state index in [1.165, 1.54) is 205 Å². The minimum atomic E-state index is 0.321. The Labute approximate surface area is 520 Å². The zero-order valence-electron chi connectivity index (χ0n) is 59.4. The molecule has 11 rings (SSSR count). The van der Waals surface area contributed by atoms with Gasteiger partial charge in [-0.3, -0.25) is 0 Å². The molecule has 5 unspecified atom stereocenters. The summed E-state index contributed by atoms with van der Waals surface area (Å²) in [7, 11) is 0. The van der Waals surface area contributed by atoms with E-state index in [2.05, 4.69) is 215 Å². The van der Waals surface area contributed by atoms with Gasteiger partial charge in [0.15, 0.2) is 0 Å². The molecule has 1 heterocycles. The van der Waals surface area contributed by atoms with E-state index < -0.39 is 0 Å². The summed E-state index contributed by atoms with van der Waals surface area (Å²) in [5, 5.41) is 8.25. The van der Waals surface area contributed by atoms with Crippen molar-refractivity contribution in [2.24, 2.45) is 17.8 Å². The summed E-state index contributed by atoms with van der Waals surface area (Å²) in [4.78, 5) is 0. The van der Waals surface area contributed by atoms with Gasteiger partial charge in [-0.2, -0.15) is 0 Å². The highest BCUT2D eigenvalue weighted by atomic mass is 16.3. The maximum absolute atomic E-state index is 7.78. The third-order valence-electron chi connectivity index (χ3n) is 26.1. The highest BCUT2D eigenvalue weighted by molar-refractivity contribution is 6.24. The molecule has 0 aliphatic heterocycles. The predicted molar refractivity (Wildman–Crippen MR) is 377 cm³/mol. The summed E-state index contributed by atoms with van der Waals surface area (Å²) in [5.41, 5.74) is 57.5. The lowest BCUT2D eigenvalue weighted by Crippen LogP contribution is -2.33. The first kappa shape index (κ1) is 61.5. The van der Waals surface area contributed by atoms with Crippen LogP contribution in [0.3, 0.4) is 0 Å². The van der Waals surface area contributed by atoms with Crippen molar-refractivity contribution in [3.8, 4) is 11.1 Å². The molecule has 5 atom stereocenters.